The summed E-state index contributed by atoms with van der Waals surface area (Å²) in [5, 5.41) is 3.44. The number of piperidine rings is 1. The molecule has 2 aliphatic heterocycles. The Bertz CT molecular complexity index is 696. The molecule has 0 radical (unpaired) electrons. The van der Waals surface area contributed by atoms with Gasteiger partial charge in [0.05, 0.1) is 5.41 Å². The van der Waals surface area contributed by atoms with Crippen molar-refractivity contribution < 1.29 is 9.18 Å². The number of carbonyl (C=O) groups excluding carboxylic acids is 1. The Morgan fingerprint density at radius 2 is 1.73 bits per heavy atom. The van der Waals surface area contributed by atoms with Crippen LogP contribution in [0.5, 0.6) is 0 Å². The molecule has 1 aromatic carbocycles. The van der Waals surface area contributed by atoms with Gasteiger partial charge in [0, 0.05) is 25.2 Å². The predicted octanol–water partition coefficient (Wildman–Crippen LogP) is 2.39. The van der Waals surface area contributed by atoms with E-state index in [9.17, 15) is 9.18 Å². The normalized spacial score (nSPS) is 30.4. The molecule has 1 amide bonds. The van der Waals surface area contributed by atoms with Crippen molar-refractivity contribution >= 4 is 5.91 Å². The molecule has 2 saturated heterocycles. The first kappa shape index (κ1) is 17.9. The van der Waals surface area contributed by atoms with Crippen LogP contribution >= 0.6 is 0 Å². The van der Waals surface area contributed by atoms with Crippen molar-refractivity contribution in [2.45, 2.75) is 44.1 Å². The van der Waals surface area contributed by atoms with Gasteiger partial charge in [0.15, 0.2) is 0 Å². The van der Waals surface area contributed by atoms with Crippen LogP contribution in [0.4, 0.5) is 4.39 Å². The number of hydrogen-bond acceptors (Lipinski definition) is 3. The lowest BCUT2D eigenvalue weighted by atomic mass is 9.82. The van der Waals surface area contributed by atoms with E-state index < -0.39 is 5.41 Å². The Morgan fingerprint density at radius 1 is 1.12 bits per heavy atom. The van der Waals surface area contributed by atoms with E-state index in [1.165, 1.54) is 12.1 Å². The largest absolute Gasteiger partial charge is 0.339 e. The van der Waals surface area contributed by atoms with Gasteiger partial charge in [-0.3, -0.25) is 9.69 Å². The summed E-state index contributed by atoms with van der Waals surface area (Å²) in [5.41, 5.74) is 0.492. The molecule has 5 heteroatoms. The van der Waals surface area contributed by atoms with Gasteiger partial charge < -0.3 is 10.2 Å². The summed E-state index contributed by atoms with van der Waals surface area (Å²) < 4.78 is 13.4. The molecule has 1 aliphatic carbocycles. The van der Waals surface area contributed by atoms with Gasteiger partial charge >= 0.3 is 0 Å². The van der Waals surface area contributed by atoms with Crippen LogP contribution in [-0.4, -0.2) is 61.0 Å². The van der Waals surface area contributed by atoms with Crippen molar-refractivity contribution in [2.75, 3.05) is 39.8 Å². The third-order valence-electron chi connectivity index (χ3n) is 7.26. The Labute approximate surface area is 155 Å². The number of carbonyl (C=O) groups is 1. The van der Waals surface area contributed by atoms with Gasteiger partial charge in [-0.25, -0.2) is 4.39 Å². The molecule has 1 saturated carbocycles. The summed E-state index contributed by atoms with van der Waals surface area (Å²) >= 11 is 0. The second kappa shape index (κ2) is 6.03. The highest BCUT2D eigenvalue weighted by Crippen LogP contribution is 2.65. The highest BCUT2D eigenvalue weighted by Gasteiger charge is 2.68. The van der Waals surface area contributed by atoms with Gasteiger partial charge in [0.1, 0.15) is 5.82 Å². The lowest BCUT2D eigenvalue weighted by molar-refractivity contribution is -0.141. The fraction of sp³-hybridized carbons (Fsp3) is 0.667. The van der Waals surface area contributed by atoms with Gasteiger partial charge in [-0.05, 0) is 62.5 Å². The van der Waals surface area contributed by atoms with E-state index in [0.717, 1.165) is 57.5 Å². The summed E-state index contributed by atoms with van der Waals surface area (Å²) in [7, 11) is 2.20. The van der Waals surface area contributed by atoms with E-state index in [2.05, 4.69) is 36.0 Å². The van der Waals surface area contributed by atoms with E-state index in [-0.39, 0.29) is 22.7 Å². The molecule has 3 fully saturated rings. The van der Waals surface area contributed by atoms with Crippen LogP contribution in [0, 0.1) is 11.2 Å². The summed E-state index contributed by atoms with van der Waals surface area (Å²) in [6.45, 7) is 8.86. The minimum atomic E-state index is -0.495. The van der Waals surface area contributed by atoms with Gasteiger partial charge in [0.25, 0.3) is 0 Å². The van der Waals surface area contributed by atoms with Crippen molar-refractivity contribution in [3.63, 3.8) is 0 Å². The third-order valence-corrected chi connectivity index (χ3v) is 7.26. The number of likely N-dealkylation sites (N-methyl/N-ethyl adjacent to an activating group) is 1. The highest BCUT2D eigenvalue weighted by molar-refractivity contribution is 5.93. The topological polar surface area (TPSA) is 35.6 Å². The minimum absolute atomic E-state index is 0.0768. The van der Waals surface area contributed by atoms with Crippen LogP contribution in [0.2, 0.25) is 0 Å². The molecule has 26 heavy (non-hydrogen) atoms. The van der Waals surface area contributed by atoms with Crippen LogP contribution in [0.3, 0.4) is 0 Å². The van der Waals surface area contributed by atoms with E-state index >= 15 is 0 Å². The Kier molecular flexibility index (Phi) is 4.16. The SMILES string of the molecule is CN1CCN(C(=O)[C@]2(c3ccc(F)cc3)CC2(C)C)CC12CCNCC2. The second-order valence-electron chi connectivity index (χ2n) is 9.10. The third kappa shape index (κ3) is 2.59. The van der Waals surface area contributed by atoms with Gasteiger partial charge in [-0.1, -0.05) is 26.0 Å². The smallest absolute Gasteiger partial charge is 0.233 e. The second-order valence-corrected chi connectivity index (χ2v) is 9.10. The first-order valence-electron chi connectivity index (χ1n) is 9.78. The number of halogens is 1. The van der Waals surface area contributed by atoms with Crippen LogP contribution in [0.25, 0.3) is 0 Å². The average Bonchev–Trinajstić information content (AvgIpc) is 3.22. The van der Waals surface area contributed by atoms with Crippen molar-refractivity contribution in [1.82, 2.24) is 15.1 Å². The standard InChI is InChI=1S/C21H30FN3O/c1-19(2)14-21(19,16-4-6-17(22)7-5-16)18(26)25-13-12-24(3)20(15-25)8-10-23-11-9-20/h4-7,23H,8-15H2,1-3H3/t21-/m1/s1. The zero-order chi connectivity index (χ0) is 18.6. The zero-order valence-corrected chi connectivity index (χ0v) is 16.1. The van der Waals surface area contributed by atoms with Crippen LogP contribution < -0.4 is 5.32 Å². The molecule has 0 bridgehead atoms. The molecule has 142 valence electrons. The van der Waals surface area contributed by atoms with Gasteiger partial charge in [0.2, 0.25) is 5.91 Å². The Hall–Kier alpha value is -1.46. The van der Waals surface area contributed by atoms with Crippen molar-refractivity contribution in [1.29, 1.82) is 0 Å². The lowest BCUT2D eigenvalue weighted by Crippen LogP contribution is -2.65. The molecule has 0 aromatic heterocycles. The molecule has 1 aromatic rings. The fourth-order valence-corrected chi connectivity index (χ4v) is 5.27. The van der Waals surface area contributed by atoms with E-state index in [0.29, 0.717) is 0 Å². The number of amides is 1. The van der Waals surface area contributed by atoms with Crippen LogP contribution in [0.1, 0.15) is 38.7 Å². The molecule has 4 rings (SSSR count). The molecule has 4 nitrogen and oxygen atoms in total. The number of piperazine rings is 1. The molecular formula is C21H30FN3O. The van der Waals surface area contributed by atoms with Crippen molar-refractivity contribution in [3.8, 4) is 0 Å². The van der Waals surface area contributed by atoms with Gasteiger partial charge in [-0.2, -0.15) is 0 Å². The summed E-state index contributed by atoms with van der Waals surface area (Å²) in [4.78, 5) is 18.3. The first-order chi connectivity index (χ1) is 12.3. The Morgan fingerprint density at radius 3 is 2.31 bits per heavy atom. The van der Waals surface area contributed by atoms with Gasteiger partial charge in [-0.15, -0.1) is 0 Å². The van der Waals surface area contributed by atoms with Crippen molar-refractivity contribution in [3.05, 3.63) is 35.6 Å². The van der Waals surface area contributed by atoms with Crippen LogP contribution in [-0.2, 0) is 10.2 Å². The number of hydrogen-bond donors (Lipinski definition) is 1. The predicted molar refractivity (Wildman–Crippen MR) is 101 cm³/mol. The molecule has 0 unspecified atom stereocenters. The summed E-state index contributed by atoms with van der Waals surface area (Å²) in [6.07, 6.45) is 3.01. The maximum absolute atomic E-state index is 13.7. The molecular weight excluding hydrogens is 329 g/mol. The highest BCUT2D eigenvalue weighted by atomic mass is 19.1. The molecule has 3 aliphatic rings. The minimum Gasteiger partial charge on any atom is -0.339 e. The summed E-state index contributed by atoms with van der Waals surface area (Å²) in [6, 6.07) is 6.57. The maximum atomic E-state index is 13.7. The quantitative estimate of drug-likeness (QED) is 0.881. The van der Waals surface area contributed by atoms with Crippen LogP contribution in [0.15, 0.2) is 24.3 Å². The summed E-state index contributed by atoms with van der Waals surface area (Å²) in [5.74, 6) is -0.0109. The van der Waals surface area contributed by atoms with E-state index in [1.54, 1.807) is 12.1 Å². The monoisotopic (exact) mass is 359 g/mol. The van der Waals surface area contributed by atoms with Crippen molar-refractivity contribution in [2.24, 2.45) is 5.41 Å². The van der Waals surface area contributed by atoms with E-state index in [4.69, 9.17) is 0 Å². The lowest BCUT2D eigenvalue weighted by Gasteiger charge is -2.52. The molecule has 1 atom stereocenters. The zero-order valence-electron chi connectivity index (χ0n) is 16.1. The molecule has 1 spiro atoms. The number of rotatable bonds is 2. The number of benzene rings is 1. The molecule has 2 heterocycles. The number of nitrogens with one attached hydrogen (secondary N) is 1. The maximum Gasteiger partial charge on any atom is 0.233 e. The molecule has 1 N–H and O–H groups in total. The Balaban J connectivity index is 1.62. The fourth-order valence-electron chi connectivity index (χ4n) is 5.27. The van der Waals surface area contributed by atoms with E-state index in [1.807, 2.05) is 0 Å². The average molecular weight is 359 g/mol. The first-order valence-corrected chi connectivity index (χ1v) is 9.78. The number of nitrogens with zero attached hydrogens (tertiary/aromatic N) is 2.